The third-order valence-corrected chi connectivity index (χ3v) is 3.19. The maximum Gasteiger partial charge on any atom is 0.0247 e. The molecule has 1 aliphatic heterocycles. The summed E-state index contributed by atoms with van der Waals surface area (Å²) in [7, 11) is 0. The van der Waals surface area contributed by atoms with Crippen LogP contribution in [0.25, 0.3) is 0 Å². The molecule has 0 aromatic carbocycles. The molecule has 0 amide bonds. The lowest BCUT2D eigenvalue weighted by atomic mass is 10.0. The maximum absolute atomic E-state index is 6.10. The molecule has 3 atom stereocenters. The molecule has 0 aromatic rings. The molecule has 1 rings (SSSR count). The van der Waals surface area contributed by atoms with E-state index in [-0.39, 0.29) is 11.6 Å². The highest BCUT2D eigenvalue weighted by atomic mass is 15.3. The van der Waals surface area contributed by atoms with Crippen LogP contribution in [0.3, 0.4) is 0 Å². The lowest BCUT2D eigenvalue weighted by Crippen LogP contribution is -2.47. The van der Waals surface area contributed by atoms with E-state index in [2.05, 4.69) is 32.6 Å². The van der Waals surface area contributed by atoms with Crippen molar-refractivity contribution in [3.05, 3.63) is 0 Å². The smallest absolute Gasteiger partial charge is 0.0247 e. The van der Waals surface area contributed by atoms with Crippen LogP contribution in [0, 0.1) is 5.92 Å². The lowest BCUT2D eigenvalue weighted by Gasteiger charge is -2.36. The summed E-state index contributed by atoms with van der Waals surface area (Å²) in [6.45, 7) is 10.6. The summed E-state index contributed by atoms with van der Waals surface area (Å²) in [5.74, 6) is 0.467. The van der Waals surface area contributed by atoms with E-state index < -0.39 is 0 Å². The van der Waals surface area contributed by atoms with E-state index in [1.165, 1.54) is 0 Å². The zero-order chi connectivity index (χ0) is 10.2. The van der Waals surface area contributed by atoms with Crippen LogP contribution in [0.2, 0.25) is 0 Å². The van der Waals surface area contributed by atoms with Gasteiger partial charge < -0.3 is 11.5 Å². The molecule has 0 saturated carbocycles. The van der Waals surface area contributed by atoms with Crippen molar-refractivity contribution in [3.8, 4) is 0 Å². The number of hydrogen-bond donors (Lipinski definition) is 2. The van der Waals surface area contributed by atoms with E-state index in [0.29, 0.717) is 18.5 Å². The fourth-order valence-corrected chi connectivity index (χ4v) is 2.26. The van der Waals surface area contributed by atoms with E-state index >= 15 is 0 Å². The molecule has 4 N–H and O–H groups in total. The van der Waals surface area contributed by atoms with Gasteiger partial charge in [-0.25, -0.2) is 0 Å². The first-order valence-electron chi connectivity index (χ1n) is 5.10. The van der Waals surface area contributed by atoms with E-state index in [4.69, 9.17) is 11.5 Å². The molecule has 3 heteroatoms. The normalized spacial score (nSPS) is 36.9. The van der Waals surface area contributed by atoms with Crippen LogP contribution in [0.4, 0.5) is 0 Å². The van der Waals surface area contributed by atoms with Crippen molar-refractivity contribution in [1.29, 1.82) is 0 Å². The van der Waals surface area contributed by atoms with Gasteiger partial charge in [0.15, 0.2) is 0 Å². The molecule has 3 nitrogen and oxygen atoms in total. The van der Waals surface area contributed by atoms with Gasteiger partial charge in [-0.2, -0.15) is 0 Å². The molecule has 3 unspecified atom stereocenters. The van der Waals surface area contributed by atoms with Gasteiger partial charge in [0.2, 0.25) is 0 Å². The van der Waals surface area contributed by atoms with Crippen LogP contribution in [-0.4, -0.2) is 35.6 Å². The molecule has 0 aliphatic carbocycles. The molecule has 1 saturated heterocycles. The van der Waals surface area contributed by atoms with Crippen molar-refractivity contribution in [1.82, 2.24) is 4.90 Å². The summed E-state index contributed by atoms with van der Waals surface area (Å²) < 4.78 is 0. The Morgan fingerprint density at radius 1 is 1.38 bits per heavy atom. The second kappa shape index (κ2) is 3.56. The Kier molecular flexibility index (Phi) is 3.00. The van der Waals surface area contributed by atoms with Gasteiger partial charge in [0.05, 0.1) is 0 Å². The minimum Gasteiger partial charge on any atom is -0.330 e. The minimum absolute atomic E-state index is 0.209. The molecule has 13 heavy (non-hydrogen) atoms. The van der Waals surface area contributed by atoms with Crippen molar-refractivity contribution in [2.24, 2.45) is 17.4 Å². The number of hydrogen-bond acceptors (Lipinski definition) is 3. The standard InChI is InChI=1S/C10H23N3/c1-7-9(12)8(5-11)6-13(7)10(2,3)4/h7-9H,5-6,11-12H2,1-4H3. The summed E-state index contributed by atoms with van der Waals surface area (Å²) in [5, 5.41) is 0. The first kappa shape index (κ1) is 11.0. The van der Waals surface area contributed by atoms with Crippen LogP contribution in [0.15, 0.2) is 0 Å². The number of nitrogens with two attached hydrogens (primary N) is 2. The SMILES string of the molecule is CC1C(N)C(CN)CN1C(C)(C)C. The number of likely N-dealkylation sites (tertiary alicyclic amines) is 1. The Balaban J connectivity index is 2.71. The molecule has 0 bridgehead atoms. The van der Waals surface area contributed by atoms with Gasteiger partial charge in [-0.3, -0.25) is 4.90 Å². The molecule has 0 spiro atoms. The highest BCUT2D eigenvalue weighted by Gasteiger charge is 2.40. The second-order valence-electron chi connectivity index (χ2n) is 5.14. The predicted octanol–water partition coefficient (Wildman–Crippen LogP) is 0.391. The monoisotopic (exact) mass is 185 g/mol. The minimum atomic E-state index is 0.209. The van der Waals surface area contributed by atoms with Crippen LogP contribution in [-0.2, 0) is 0 Å². The van der Waals surface area contributed by atoms with Crippen LogP contribution >= 0.6 is 0 Å². The highest BCUT2D eigenvalue weighted by Crippen LogP contribution is 2.28. The molecule has 0 radical (unpaired) electrons. The molecule has 1 heterocycles. The quantitative estimate of drug-likeness (QED) is 0.621. The van der Waals surface area contributed by atoms with Crippen LogP contribution in [0.1, 0.15) is 27.7 Å². The van der Waals surface area contributed by atoms with Crippen molar-refractivity contribution in [2.45, 2.75) is 45.3 Å². The predicted molar refractivity (Wildman–Crippen MR) is 56.4 cm³/mol. The van der Waals surface area contributed by atoms with Crippen molar-refractivity contribution in [2.75, 3.05) is 13.1 Å². The van der Waals surface area contributed by atoms with Crippen molar-refractivity contribution < 1.29 is 0 Å². The molecule has 1 aliphatic rings. The fraction of sp³-hybridized carbons (Fsp3) is 1.00. The topological polar surface area (TPSA) is 55.3 Å². The summed E-state index contributed by atoms with van der Waals surface area (Å²) in [4.78, 5) is 2.45. The Hall–Kier alpha value is -0.120. The average molecular weight is 185 g/mol. The molecule has 0 aromatic heterocycles. The fourth-order valence-electron chi connectivity index (χ4n) is 2.26. The average Bonchev–Trinajstić information content (AvgIpc) is 2.28. The zero-order valence-corrected chi connectivity index (χ0v) is 9.25. The number of rotatable bonds is 1. The van der Waals surface area contributed by atoms with Crippen LogP contribution in [0.5, 0.6) is 0 Å². The van der Waals surface area contributed by atoms with E-state index in [1.807, 2.05) is 0 Å². The summed E-state index contributed by atoms with van der Waals surface area (Å²) in [6, 6.07) is 0.692. The third kappa shape index (κ3) is 2.03. The maximum atomic E-state index is 6.10. The van der Waals surface area contributed by atoms with Gasteiger partial charge in [-0.15, -0.1) is 0 Å². The van der Waals surface area contributed by atoms with Crippen molar-refractivity contribution in [3.63, 3.8) is 0 Å². The first-order chi connectivity index (χ1) is 5.88. The summed E-state index contributed by atoms with van der Waals surface area (Å²) >= 11 is 0. The van der Waals surface area contributed by atoms with Gasteiger partial charge in [-0.1, -0.05) is 0 Å². The van der Waals surface area contributed by atoms with Crippen molar-refractivity contribution >= 4 is 0 Å². The van der Waals surface area contributed by atoms with Gasteiger partial charge in [0.1, 0.15) is 0 Å². The van der Waals surface area contributed by atoms with Gasteiger partial charge in [-0.05, 0) is 34.2 Å². The van der Waals surface area contributed by atoms with E-state index in [0.717, 1.165) is 6.54 Å². The summed E-state index contributed by atoms with van der Waals surface area (Å²) in [6.07, 6.45) is 0. The number of nitrogens with zero attached hydrogens (tertiary/aromatic N) is 1. The second-order valence-corrected chi connectivity index (χ2v) is 5.14. The third-order valence-electron chi connectivity index (χ3n) is 3.19. The Morgan fingerprint density at radius 3 is 2.15 bits per heavy atom. The molecular formula is C10H23N3. The van der Waals surface area contributed by atoms with Gasteiger partial charge in [0.25, 0.3) is 0 Å². The largest absolute Gasteiger partial charge is 0.330 e. The molecular weight excluding hydrogens is 162 g/mol. The first-order valence-corrected chi connectivity index (χ1v) is 5.10. The zero-order valence-electron chi connectivity index (χ0n) is 9.25. The Morgan fingerprint density at radius 2 is 1.92 bits per heavy atom. The Bertz CT molecular complexity index is 173. The highest BCUT2D eigenvalue weighted by molar-refractivity contribution is 4.98. The molecule has 78 valence electrons. The van der Waals surface area contributed by atoms with E-state index in [1.54, 1.807) is 0 Å². The van der Waals surface area contributed by atoms with Gasteiger partial charge in [0, 0.05) is 30.1 Å². The van der Waals surface area contributed by atoms with Crippen LogP contribution < -0.4 is 11.5 Å². The molecule has 1 fully saturated rings. The lowest BCUT2D eigenvalue weighted by molar-refractivity contribution is 0.124. The van der Waals surface area contributed by atoms with E-state index in [9.17, 15) is 0 Å². The Labute approximate surface area is 81.5 Å². The van der Waals surface area contributed by atoms with Gasteiger partial charge >= 0.3 is 0 Å². The summed E-state index contributed by atoms with van der Waals surface area (Å²) in [5.41, 5.74) is 12.0.